The van der Waals surface area contributed by atoms with E-state index in [-0.39, 0.29) is 30.0 Å². The highest BCUT2D eigenvalue weighted by molar-refractivity contribution is 7.80. The van der Waals surface area contributed by atoms with Gasteiger partial charge in [0.15, 0.2) is 5.11 Å². The number of carboxylic acids is 1. The zero-order chi connectivity index (χ0) is 27.5. The molecule has 0 unspecified atom stereocenters. The predicted octanol–water partition coefficient (Wildman–Crippen LogP) is 5.19. The average Bonchev–Trinajstić information content (AvgIpc) is 3.42. The largest absolute Gasteiger partial charge is 0.478 e. The van der Waals surface area contributed by atoms with Crippen LogP contribution in [0.15, 0.2) is 85.1 Å². The normalized spacial score (nSPS) is 16.7. The summed E-state index contributed by atoms with van der Waals surface area (Å²) in [6.45, 7) is 4.50. The van der Waals surface area contributed by atoms with Crippen LogP contribution in [0, 0.1) is 13.8 Å². The van der Waals surface area contributed by atoms with Crippen molar-refractivity contribution in [2.75, 3.05) is 11.9 Å². The fourth-order valence-electron chi connectivity index (χ4n) is 5.19. The van der Waals surface area contributed by atoms with Gasteiger partial charge in [0.2, 0.25) is 5.91 Å². The lowest BCUT2D eigenvalue weighted by Crippen LogP contribution is -2.32. The number of hydrogen-bond acceptors (Lipinski definition) is 4. The molecule has 5 rings (SSSR count). The molecule has 3 N–H and O–H groups in total. The molecule has 2 aromatic heterocycles. The standard InChI is InChI=1S/C30H29N5O3S/c1-19-18-24(20(2)35(19)23-13-11-21(12-14-23)29(37)38)28-27(25-10-6-7-16-31-25)33-30(39)34(28)17-15-26(36)32-22-8-4-3-5-9-22/h3-14,16,18,27-28H,15,17H2,1-2H3,(H,32,36)(H,33,39)(H,37,38)/t27-,28-/m0/s1. The van der Waals surface area contributed by atoms with Crippen LogP contribution in [0.25, 0.3) is 5.69 Å². The van der Waals surface area contributed by atoms with Crippen molar-refractivity contribution in [3.63, 3.8) is 0 Å². The number of nitrogens with zero attached hydrogens (tertiary/aromatic N) is 3. The number of carbonyl (C=O) groups excluding carboxylic acids is 1. The van der Waals surface area contributed by atoms with Gasteiger partial charge in [-0.3, -0.25) is 9.78 Å². The van der Waals surface area contributed by atoms with E-state index >= 15 is 0 Å². The molecular weight excluding hydrogens is 510 g/mol. The van der Waals surface area contributed by atoms with Crippen molar-refractivity contribution in [2.24, 2.45) is 0 Å². The molecule has 1 saturated heterocycles. The third-order valence-electron chi connectivity index (χ3n) is 7.00. The van der Waals surface area contributed by atoms with Crippen LogP contribution in [0.3, 0.4) is 0 Å². The Balaban J connectivity index is 1.47. The smallest absolute Gasteiger partial charge is 0.335 e. The van der Waals surface area contributed by atoms with Crippen molar-refractivity contribution in [1.82, 2.24) is 19.8 Å². The lowest BCUT2D eigenvalue weighted by Gasteiger charge is -2.28. The van der Waals surface area contributed by atoms with Gasteiger partial charge in [-0.2, -0.15) is 0 Å². The molecule has 0 radical (unpaired) electrons. The van der Waals surface area contributed by atoms with E-state index in [1.807, 2.05) is 74.5 Å². The number of carbonyl (C=O) groups is 2. The first kappa shape index (κ1) is 26.1. The molecule has 0 aliphatic carbocycles. The Hall–Kier alpha value is -4.50. The van der Waals surface area contributed by atoms with Crippen molar-refractivity contribution in [1.29, 1.82) is 0 Å². The predicted molar refractivity (Wildman–Crippen MR) is 154 cm³/mol. The summed E-state index contributed by atoms with van der Waals surface area (Å²) in [7, 11) is 0. The minimum atomic E-state index is -0.959. The number of benzene rings is 2. The van der Waals surface area contributed by atoms with Gasteiger partial charge in [0.05, 0.1) is 23.3 Å². The maximum Gasteiger partial charge on any atom is 0.335 e. The number of para-hydroxylation sites is 1. The Bertz CT molecular complexity index is 1500. The summed E-state index contributed by atoms with van der Waals surface area (Å²) in [6.07, 6.45) is 2.03. The van der Waals surface area contributed by atoms with E-state index < -0.39 is 5.97 Å². The van der Waals surface area contributed by atoms with Gasteiger partial charge in [0.1, 0.15) is 0 Å². The van der Waals surface area contributed by atoms with Gasteiger partial charge in [-0.05, 0) is 86.2 Å². The summed E-state index contributed by atoms with van der Waals surface area (Å²) in [4.78, 5) is 30.8. The second kappa shape index (κ2) is 11.1. The lowest BCUT2D eigenvalue weighted by atomic mass is 9.96. The molecule has 0 bridgehead atoms. The highest BCUT2D eigenvalue weighted by Gasteiger charge is 2.41. The molecule has 2 atom stereocenters. The van der Waals surface area contributed by atoms with E-state index in [2.05, 4.69) is 31.2 Å². The quantitative estimate of drug-likeness (QED) is 0.265. The minimum absolute atomic E-state index is 0.0898. The average molecular weight is 540 g/mol. The number of amides is 1. The van der Waals surface area contributed by atoms with Gasteiger partial charge in [-0.25, -0.2) is 4.79 Å². The van der Waals surface area contributed by atoms with Crippen molar-refractivity contribution < 1.29 is 14.7 Å². The number of aryl methyl sites for hydroxylation is 1. The highest BCUT2D eigenvalue weighted by Crippen LogP contribution is 2.41. The van der Waals surface area contributed by atoms with E-state index in [1.165, 1.54) is 0 Å². The van der Waals surface area contributed by atoms with Crippen LogP contribution in [0.5, 0.6) is 0 Å². The van der Waals surface area contributed by atoms with E-state index in [9.17, 15) is 14.7 Å². The first-order valence-corrected chi connectivity index (χ1v) is 13.1. The van der Waals surface area contributed by atoms with Crippen molar-refractivity contribution in [3.8, 4) is 5.69 Å². The maximum absolute atomic E-state index is 12.8. The Kier molecular flexibility index (Phi) is 7.42. The number of aromatic carboxylic acids is 1. The molecule has 1 aliphatic heterocycles. The second-order valence-electron chi connectivity index (χ2n) is 9.50. The summed E-state index contributed by atoms with van der Waals surface area (Å²) in [5, 5.41) is 16.3. The molecule has 1 fully saturated rings. The van der Waals surface area contributed by atoms with Gasteiger partial charge >= 0.3 is 5.97 Å². The summed E-state index contributed by atoms with van der Waals surface area (Å²) in [6, 6.07) is 23.8. The van der Waals surface area contributed by atoms with Crippen LogP contribution in [0.4, 0.5) is 5.69 Å². The molecule has 9 heteroatoms. The number of hydrogen-bond donors (Lipinski definition) is 3. The summed E-state index contributed by atoms with van der Waals surface area (Å²) in [5.41, 5.74) is 5.79. The molecule has 198 valence electrons. The Morgan fingerprint density at radius 2 is 1.74 bits per heavy atom. The van der Waals surface area contributed by atoms with Crippen LogP contribution in [-0.4, -0.2) is 43.1 Å². The summed E-state index contributed by atoms with van der Waals surface area (Å²) in [5.74, 6) is -1.05. The number of aromatic nitrogens is 2. The molecule has 8 nitrogen and oxygen atoms in total. The molecular formula is C30H29N5O3S. The number of carboxylic acid groups (broad SMARTS) is 1. The number of thiocarbonyl (C=S) groups is 1. The van der Waals surface area contributed by atoms with Gasteiger partial charge in [-0.15, -0.1) is 0 Å². The van der Waals surface area contributed by atoms with Crippen LogP contribution >= 0.6 is 12.2 Å². The molecule has 39 heavy (non-hydrogen) atoms. The molecule has 3 heterocycles. The van der Waals surface area contributed by atoms with Crippen LogP contribution in [-0.2, 0) is 4.79 Å². The minimum Gasteiger partial charge on any atom is -0.478 e. The highest BCUT2D eigenvalue weighted by atomic mass is 32.1. The van der Waals surface area contributed by atoms with Gasteiger partial charge in [0.25, 0.3) is 0 Å². The second-order valence-corrected chi connectivity index (χ2v) is 9.88. The van der Waals surface area contributed by atoms with E-state index in [0.717, 1.165) is 34.0 Å². The molecule has 1 amide bonds. The zero-order valence-electron chi connectivity index (χ0n) is 21.7. The number of nitrogens with one attached hydrogen (secondary N) is 2. The van der Waals surface area contributed by atoms with Crippen LogP contribution in [0.2, 0.25) is 0 Å². The number of anilines is 1. The van der Waals surface area contributed by atoms with Crippen molar-refractivity contribution in [2.45, 2.75) is 32.4 Å². The molecule has 4 aromatic rings. The summed E-state index contributed by atoms with van der Waals surface area (Å²) < 4.78 is 2.11. The lowest BCUT2D eigenvalue weighted by molar-refractivity contribution is -0.116. The molecule has 0 saturated carbocycles. The topological polar surface area (TPSA) is 99.5 Å². The Morgan fingerprint density at radius 3 is 2.41 bits per heavy atom. The third-order valence-corrected chi connectivity index (χ3v) is 7.35. The maximum atomic E-state index is 12.8. The van der Waals surface area contributed by atoms with E-state index in [1.54, 1.807) is 18.3 Å². The number of rotatable bonds is 8. The van der Waals surface area contributed by atoms with Gasteiger partial charge in [0, 0.05) is 41.9 Å². The van der Waals surface area contributed by atoms with E-state index in [4.69, 9.17) is 12.2 Å². The van der Waals surface area contributed by atoms with E-state index in [0.29, 0.717) is 11.7 Å². The number of pyridine rings is 1. The monoisotopic (exact) mass is 539 g/mol. The fraction of sp³-hybridized carbons (Fsp3) is 0.200. The van der Waals surface area contributed by atoms with Gasteiger partial charge in [-0.1, -0.05) is 24.3 Å². The molecule has 2 aromatic carbocycles. The zero-order valence-corrected chi connectivity index (χ0v) is 22.5. The fourth-order valence-corrected chi connectivity index (χ4v) is 5.52. The first-order valence-electron chi connectivity index (χ1n) is 12.7. The van der Waals surface area contributed by atoms with Crippen LogP contribution < -0.4 is 10.6 Å². The molecule has 0 spiro atoms. The van der Waals surface area contributed by atoms with Crippen LogP contribution in [0.1, 0.15) is 51.5 Å². The van der Waals surface area contributed by atoms with Crippen molar-refractivity contribution >= 4 is 34.9 Å². The SMILES string of the molecule is Cc1cc([C@H]2[C@H](c3ccccn3)NC(=S)N2CCC(=O)Nc2ccccc2)c(C)n1-c1ccc(C(=O)O)cc1. The Labute approximate surface area is 232 Å². The van der Waals surface area contributed by atoms with Crippen molar-refractivity contribution in [3.05, 3.63) is 113 Å². The Morgan fingerprint density at radius 1 is 1.03 bits per heavy atom. The first-order chi connectivity index (χ1) is 18.8. The summed E-state index contributed by atoms with van der Waals surface area (Å²) >= 11 is 5.78. The third kappa shape index (κ3) is 5.39. The molecule has 1 aliphatic rings. The van der Waals surface area contributed by atoms with Gasteiger partial charge < -0.3 is 25.2 Å².